The molecule has 0 aliphatic rings. The van der Waals surface area contributed by atoms with Gasteiger partial charge in [0, 0.05) is 29.4 Å². The predicted molar refractivity (Wildman–Crippen MR) is 93.0 cm³/mol. The zero-order valence-corrected chi connectivity index (χ0v) is 13.4. The summed E-state index contributed by atoms with van der Waals surface area (Å²) in [6.45, 7) is 3.08. The number of rotatable bonds is 9. The van der Waals surface area contributed by atoms with E-state index in [4.69, 9.17) is 4.74 Å². The van der Waals surface area contributed by atoms with Gasteiger partial charge < -0.3 is 10.1 Å². The van der Waals surface area contributed by atoms with Crippen LogP contribution in [0.5, 0.6) is 0 Å². The Kier molecular flexibility index (Phi) is 6.54. The Balaban J connectivity index is 1.84. The monoisotopic (exact) mass is 314 g/mol. The van der Waals surface area contributed by atoms with Crippen LogP contribution >= 0.6 is 0 Å². The highest BCUT2D eigenvalue weighted by Gasteiger charge is 2.05. The molecule has 23 heavy (non-hydrogen) atoms. The number of benzene rings is 2. The minimum Gasteiger partial charge on any atom is -0.466 e. The number of carbonyl (C=O) groups is 1. The number of nitrogens with zero attached hydrogens (tertiary/aromatic N) is 1. The van der Waals surface area contributed by atoms with Gasteiger partial charge in [-0.15, -0.1) is 4.91 Å². The van der Waals surface area contributed by atoms with Gasteiger partial charge in [0.05, 0.1) is 6.61 Å². The SMILES string of the molecule is CCOC(=O)CCCCCNc1ccc(N=O)c2ccccc12. The van der Waals surface area contributed by atoms with Crippen molar-refractivity contribution in [1.29, 1.82) is 0 Å². The number of hydrogen-bond acceptors (Lipinski definition) is 5. The minimum atomic E-state index is -0.122. The van der Waals surface area contributed by atoms with Crippen molar-refractivity contribution in [3.8, 4) is 0 Å². The highest BCUT2D eigenvalue weighted by atomic mass is 16.5. The number of nitroso groups, excluding NO2 is 1. The molecule has 0 unspecified atom stereocenters. The molecule has 0 atom stereocenters. The third kappa shape index (κ3) is 4.77. The number of ether oxygens (including phenoxy) is 1. The van der Waals surface area contributed by atoms with Gasteiger partial charge in [0.1, 0.15) is 5.69 Å². The largest absolute Gasteiger partial charge is 0.466 e. The van der Waals surface area contributed by atoms with E-state index in [2.05, 4.69) is 10.5 Å². The number of carbonyl (C=O) groups excluding carboxylic acids is 1. The molecule has 2 aromatic rings. The van der Waals surface area contributed by atoms with Crippen LogP contribution in [-0.4, -0.2) is 19.1 Å². The molecule has 122 valence electrons. The number of hydrogen-bond donors (Lipinski definition) is 1. The van der Waals surface area contributed by atoms with E-state index in [0.29, 0.717) is 18.7 Å². The standard InChI is InChI=1S/C18H22N2O3/c1-2-23-18(21)10-4-3-7-13-19-16-11-12-17(20-22)15-9-6-5-8-14(15)16/h5-6,8-9,11-12,19H,2-4,7,10,13H2,1H3. The zero-order chi connectivity index (χ0) is 16.5. The molecule has 0 aliphatic carbocycles. The summed E-state index contributed by atoms with van der Waals surface area (Å²) in [6, 6.07) is 11.3. The summed E-state index contributed by atoms with van der Waals surface area (Å²) in [5.74, 6) is -0.122. The Hall–Kier alpha value is -2.43. The molecule has 1 N–H and O–H groups in total. The van der Waals surface area contributed by atoms with Gasteiger partial charge in [0.2, 0.25) is 0 Å². The van der Waals surface area contributed by atoms with E-state index >= 15 is 0 Å². The smallest absolute Gasteiger partial charge is 0.305 e. The lowest BCUT2D eigenvalue weighted by atomic mass is 10.1. The fraction of sp³-hybridized carbons (Fsp3) is 0.389. The third-order valence-corrected chi connectivity index (χ3v) is 3.68. The fourth-order valence-electron chi connectivity index (χ4n) is 2.54. The van der Waals surface area contributed by atoms with Crippen molar-refractivity contribution in [3.63, 3.8) is 0 Å². The first-order valence-electron chi connectivity index (χ1n) is 8.01. The summed E-state index contributed by atoms with van der Waals surface area (Å²) in [6.07, 6.45) is 3.27. The molecule has 0 heterocycles. The van der Waals surface area contributed by atoms with E-state index in [1.807, 2.05) is 37.3 Å². The molecular weight excluding hydrogens is 292 g/mol. The van der Waals surface area contributed by atoms with Crippen molar-refractivity contribution in [3.05, 3.63) is 41.3 Å². The molecule has 0 spiro atoms. The molecule has 5 heteroatoms. The lowest BCUT2D eigenvalue weighted by Gasteiger charge is -2.10. The summed E-state index contributed by atoms with van der Waals surface area (Å²) in [5.41, 5.74) is 1.46. The van der Waals surface area contributed by atoms with Gasteiger partial charge in [0.25, 0.3) is 0 Å². The molecule has 0 radical (unpaired) electrons. The molecule has 5 nitrogen and oxygen atoms in total. The Labute approximate surface area is 136 Å². The summed E-state index contributed by atoms with van der Waals surface area (Å²) >= 11 is 0. The second kappa shape index (κ2) is 8.88. The van der Waals surface area contributed by atoms with E-state index < -0.39 is 0 Å². The molecule has 0 aromatic heterocycles. The van der Waals surface area contributed by atoms with Gasteiger partial charge in [-0.3, -0.25) is 4.79 Å². The van der Waals surface area contributed by atoms with Gasteiger partial charge in [0.15, 0.2) is 0 Å². The van der Waals surface area contributed by atoms with Gasteiger partial charge in [-0.1, -0.05) is 30.7 Å². The number of esters is 1. The lowest BCUT2D eigenvalue weighted by molar-refractivity contribution is -0.143. The third-order valence-electron chi connectivity index (χ3n) is 3.68. The van der Waals surface area contributed by atoms with Gasteiger partial charge in [-0.25, -0.2) is 0 Å². The summed E-state index contributed by atoms with van der Waals surface area (Å²) in [5, 5.41) is 8.32. The van der Waals surface area contributed by atoms with Crippen molar-refractivity contribution in [1.82, 2.24) is 0 Å². The Morgan fingerprint density at radius 2 is 1.87 bits per heavy atom. The molecule has 0 aliphatic heterocycles. The number of fused-ring (bicyclic) bond motifs is 1. The molecule has 0 amide bonds. The maximum Gasteiger partial charge on any atom is 0.305 e. The molecule has 0 fully saturated rings. The maximum atomic E-state index is 11.2. The van der Waals surface area contributed by atoms with Crippen LogP contribution in [0.3, 0.4) is 0 Å². The van der Waals surface area contributed by atoms with E-state index in [1.54, 1.807) is 6.07 Å². The molecule has 0 bridgehead atoms. The summed E-state index contributed by atoms with van der Waals surface area (Å²) in [4.78, 5) is 22.1. The average Bonchev–Trinajstić information content (AvgIpc) is 2.58. The lowest BCUT2D eigenvalue weighted by Crippen LogP contribution is -2.05. The molecule has 2 aromatic carbocycles. The second-order valence-electron chi connectivity index (χ2n) is 5.31. The topological polar surface area (TPSA) is 67.8 Å². The highest BCUT2D eigenvalue weighted by Crippen LogP contribution is 2.31. The highest BCUT2D eigenvalue weighted by molar-refractivity contribution is 6.00. The Morgan fingerprint density at radius 1 is 1.09 bits per heavy atom. The molecular formula is C18H22N2O3. The summed E-state index contributed by atoms with van der Waals surface area (Å²) < 4.78 is 4.90. The quantitative estimate of drug-likeness (QED) is 0.411. The van der Waals surface area contributed by atoms with Crippen LogP contribution in [0.15, 0.2) is 41.6 Å². The average molecular weight is 314 g/mol. The minimum absolute atomic E-state index is 0.122. The van der Waals surface area contributed by atoms with Crippen LogP contribution in [-0.2, 0) is 9.53 Å². The van der Waals surface area contributed by atoms with E-state index in [-0.39, 0.29) is 5.97 Å². The van der Waals surface area contributed by atoms with Crippen molar-refractivity contribution < 1.29 is 9.53 Å². The van der Waals surface area contributed by atoms with Gasteiger partial charge >= 0.3 is 5.97 Å². The molecule has 0 saturated carbocycles. The molecule has 0 saturated heterocycles. The first-order chi connectivity index (χ1) is 11.3. The number of anilines is 1. The second-order valence-corrected chi connectivity index (χ2v) is 5.31. The fourth-order valence-corrected chi connectivity index (χ4v) is 2.54. The van der Waals surface area contributed by atoms with Crippen molar-refractivity contribution in [2.45, 2.75) is 32.6 Å². The molecule has 2 rings (SSSR count). The predicted octanol–water partition coefficient (Wildman–Crippen LogP) is 4.77. The van der Waals surface area contributed by atoms with Crippen molar-refractivity contribution >= 4 is 28.1 Å². The zero-order valence-electron chi connectivity index (χ0n) is 13.4. The normalized spacial score (nSPS) is 10.5. The van der Waals surface area contributed by atoms with Crippen LogP contribution in [0.2, 0.25) is 0 Å². The van der Waals surface area contributed by atoms with Crippen LogP contribution < -0.4 is 5.32 Å². The Bertz CT molecular complexity index is 670. The number of nitrogens with one attached hydrogen (secondary N) is 1. The van der Waals surface area contributed by atoms with E-state index in [0.717, 1.165) is 42.3 Å². The van der Waals surface area contributed by atoms with E-state index in [9.17, 15) is 9.70 Å². The van der Waals surface area contributed by atoms with Crippen LogP contribution in [0.25, 0.3) is 10.8 Å². The Morgan fingerprint density at radius 3 is 2.61 bits per heavy atom. The van der Waals surface area contributed by atoms with Crippen LogP contribution in [0.4, 0.5) is 11.4 Å². The summed E-state index contributed by atoms with van der Waals surface area (Å²) in [7, 11) is 0. The van der Waals surface area contributed by atoms with Crippen molar-refractivity contribution in [2.75, 3.05) is 18.5 Å². The van der Waals surface area contributed by atoms with Crippen molar-refractivity contribution in [2.24, 2.45) is 5.18 Å². The van der Waals surface area contributed by atoms with E-state index in [1.165, 1.54) is 0 Å². The maximum absolute atomic E-state index is 11.2. The first kappa shape index (κ1) is 16.9. The van der Waals surface area contributed by atoms with Crippen LogP contribution in [0, 0.1) is 4.91 Å². The van der Waals surface area contributed by atoms with Gasteiger partial charge in [-0.05, 0) is 37.1 Å². The van der Waals surface area contributed by atoms with Gasteiger partial charge in [-0.2, -0.15) is 0 Å². The van der Waals surface area contributed by atoms with Crippen LogP contribution in [0.1, 0.15) is 32.6 Å². The first-order valence-corrected chi connectivity index (χ1v) is 8.01. The number of unbranched alkanes of at least 4 members (excludes halogenated alkanes) is 2.